The third-order valence-electron chi connectivity index (χ3n) is 1.65. The second kappa shape index (κ2) is 5.11. The van der Waals surface area contributed by atoms with Crippen molar-refractivity contribution in [1.82, 2.24) is 0 Å². The number of hydrogen-bond donors (Lipinski definition) is 1. The average molecular weight is 194 g/mol. The van der Waals surface area contributed by atoms with E-state index in [0.29, 0.717) is 12.4 Å². The van der Waals surface area contributed by atoms with Crippen molar-refractivity contribution in [2.45, 2.75) is 6.92 Å². The van der Waals surface area contributed by atoms with Crippen molar-refractivity contribution < 1.29 is 9.57 Å². The van der Waals surface area contributed by atoms with Crippen molar-refractivity contribution in [2.24, 2.45) is 10.9 Å². The first-order valence-electron chi connectivity index (χ1n) is 4.37. The number of nitrogens with two attached hydrogens (primary N) is 1. The summed E-state index contributed by atoms with van der Waals surface area (Å²) in [6, 6.07) is 7.36. The smallest absolute Gasteiger partial charge is 0.170 e. The molecule has 0 unspecified atom stereocenters. The van der Waals surface area contributed by atoms with Gasteiger partial charge in [-0.15, -0.1) is 0 Å². The number of rotatable bonds is 4. The summed E-state index contributed by atoms with van der Waals surface area (Å²) in [6.07, 6.45) is 0. The molecule has 0 aliphatic carbocycles. The van der Waals surface area contributed by atoms with Gasteiger partial charge in [0.15, 0.2) is 5.84 Å². The van der Waals surface area contributed by atoms with Gasteiger partial charge in [-0.3, -0.25) is 0 Å². The van der Waals surface area contributed by atoms with Crippen molar-refractivity contribution in [1.29, 1.82) is 0 Å². The largest absolute Gasteiger partial charge is 0.494 e. The lowest BCUT2D eigenvalue weighted by Crippen LogP contribution is -2.13. The Labute approximate surface area is 83.3 Å². The predicted octanol–water partition coefficient (Wildman–Crippen LogP) is 1.35. The molecule has 4 heteroatoms. The Kier molecular flexibility index (Phi) is 3.79. The molecule has 2 N–H and O–H groups in total. The summed E-state index contributed by atoms with van der Waals surface area (Å²) in [5.41, 5.74) is 6.43. The zero-order valence-electron chi connectivity index (χ0n) is 8.36. The summed E-state index contributed by atoms with van der Waals surface area (Å²) in [5.74, 6) is 1.18. The molecule has 0 amide bonds. The molecule has 76 valence electrons. The summed E-state index contributed by atoms with van der Waals surface area (Å²) < 4.78 is 5.29. The summed E-state index contributed by atoms with van der Waals surface area (Å²) in [7, 11) is 1.46. The van der Waals surface area contributed by atoms with Crippen molar-refractivity contribution in [2.75, 3.05) is 13.7 Å². The maximum absolute atomic E-state index is 5.61. The van der Waals surface area contributed by atoms with Crippen molar-refractivity contribution in [3.8, 4) is 5.75 Å². The minimum atomic E-state index is 0.357. The molecule has 14 heavy (non-hydrogen) atoms. The summed E-state index contributed by atoms with van der Waals surface area (Å²) in [6.45, 7) is 2.59. The van der Waals surface area contributed by atoms with Crippen LogP contribution in [0.3, 0.4) is 0 Å². The molecule has 1 aromatic rings. The van der Waals surface area contributed by atoms with Crippen molar-refractivity contribution >= 4 is 5.84 Å². The Balaban J connectivity index is 2.77. The number of ether oxygens (including phenoxy) is 1. The van der Waals surface area contributed by atoms with E-state index in [9.17, 15) is 0 Å². The molecule has 0 heterocycles. The van der Waals surface area contributed by atoms with Crippen LogP contribution in [0.15, 0.2) is 29.4 Å². The highest BCUT2D eigenvalue weighted by molar-refractivity contribution is 5.97. The van der Waals surface area contributed by atoms with Gasteiger partial charge in [-0.05, 0) is 31.2 Å². The topological polar surface area (TPSA) is 56.8 Å². The number of oxime groups is 1. The molecular weight excluding hydrogens is 180 g/mol. The third kappa shape index (κ3) is 2.65. The van der Waals surface area contributed by atoms with E-state index in [1.807, 2.05) is 31.2 Å². The van der Waals surface area contributed by atoms with Gasteiger partial charge in [0.2, 0.25) is 0 Å². The molecule has 0 atom stereocenters. The molecule has 0 spiro atoms. The highest BCUT2D eigenvalue weighted by Gasteiger charge is 1.98. The first-order chi connectivity index (χ1) is 6.77. The molecule has 1 aromatic carbocycles. The van der Waals surface area contributed by atoms with Gasteiger partial charge in [0.25, 0.3) is 0 Å². The number of hydrogen-bond acceptors (Lipinski definition) is 3. The van der Waals surface area contributed by atoms with Crippen LogP contribution >= 0.6 is 0 Å². The lowest BCUT2D eigenvalue weighted by Gasteiger charge is -2.03. The minimum Gasteiger partial charge on any atom is -0.494 e. The molecule has 0 radical (unpaired) electrons. The van der Waals surface area contributed by atoms with Crippen LogP contribution in [0, 0.1) is 0 Å². The fourth-order valence-corrected chi connectivity index (χ4v) is 1.04. The van der Waals surface area contributed by atoms with Crippen molar-refractivity contribution in [3.05, 3.63) is 29.8 Å². The quantitative estimate of drug-likeness (QED) is 0.447. The average Bonchev–Trinajstić information content (AvgIpc) is 2.20. The van der Waals surface area contributed by atoms with E-state index < -0.39 is 0 Å². The molecule has 0 bridgehead atoms. The van der Waals surface area contributed by atoms with Crippen LogP contribution in [-0.2, 0) is 4.84 Å². The highest BCUT2D eigenvalue weighted by Crippen LogP contribution is 2.11. The summed E-state index contributed by atoms with van der Waals surface area (Å²) in [4.78, 5) is 4.57. The van der Waals surface area contributed by atoms with E-state index in [2.05, 4.69) is 9.99 Å². The minimum absolute atomic E-state index is 0.357. The fraction of sp³-hybridized carbons (Fsp3) is 0.300. The Morgan fingerprint density at radius 1 is 1.36 bits per heavy atom. The van der Waals surface area contributed by atoms with E-state index in [1.54, 1.807) is 0 Å². The van der Waals surface area contributed by atoms with Gasteiger partial charge < -0.3 is 15.3 Å². The van der Waals surface area contributed by atoms with E-state index in [4.69, 9.17) is 10.5 Å². The van der Waals surface area contributed by atoms with Crippen molar-refractivity contribution in [3.63, 3.8) is 0 Å². The van der Waals surface area contributed by atoms with Gasteiger partial charge in [-0.2, -0.15) is 0 Å². The molecular formula is C10H14N2O2. The molecule has 0 saturated carbocycles. The third-order valence-corrected chi connectivity index (χ3v) is 1.65. The van der Waals surface area contributed by atoms with Gasteiger partial charge in [0, 0.05) is 5.56 Å². The Morgan fingerprint density at radius 3 is 2.50 bits per heavy atom. The highest BCUT2D eigenvalue weighted by atomic mass is 16.6. The SMILES string of the molecule is CCOc1ccc(/C(N)=N/OC)cc1. The Bertz CT molecular complexity index is 306. The summed E-state index contributed by atoms with van der Waals surface area (Å²) >= 11 is 0. The van der Waals surface area contributed by atoms with Gasteiger partial charge >= 0.3 is 0 Å². The fourth-order valence-electron chi connectivity index (χ4n) is 1.04. The van der Waals surface area contributed by atoms with E-state index in [0.717, 1.165) is 11.3 Å². The number of amidine groups is 1. The zero-order chi connectivity index (χ0) is 10.4. The van der Waals surface area contributed by atoms with Crippen LogP contribution in [0.2, 0.25) is 0 Å². The molecule has 0 aromatic heterocycles. The molecule has 0 aliphatic rings. The Hall–Kier alpha value is -1.71. The monoisotopic (exact) mass is 194 g/mol. The first kappa shape index (κ1) is 10.4. The van der Waals surface area contributed by atoms with Gasteiger partial charge in [0.05, 0.1) is 6.61 Å². The van der Waals surface area contributed by atoms with Gasteiger partial charge in [-0.25, -0.2) is 0 Å². The normalized spacial score (nSPS) is 11.1. The molecule has 0 fully saturated rings. The maximum Gasteiger partial charge on any atom is 0.170 e. The Morgan fingerprint density at radius 2 is 2.00 bits per heavy atom. The second-order valence-corrected chi connectivity index (χ2v) is 2.62. The predicted molar refractivity (Wildman–Crippen MR) is 55.3 cm³/mol. The first-order valence-corrected chi connectivity index (χ1v) is 4.37. The van der Waals surface area contributed by atoms with Crippen LogP contribution in [0.1, 0.15) is 12.5 Å². The lowest BCUT2D eigenvalue weighted by atomic mass is 10.2. The maximum atomic E-state index is 5.61. The van der Waals surface area contributed by atoms with Gasteiger partial charge in [0.1, 0.15) is 12.9 Å². The van der Waals surface area contributed by atoms with Crippen LogP contribution in [0.25, 0.3) is 0 Å². The van der Waals surface area contributed by atoms with Crippen LogP contribution in [0.4, 0.5) is 0 Å². The lowest BCUT2D eigenvalue weighted by molar-refractivity contribution is 0.213. The zero-order valence-corrected chi connectivity index (χ0v) is 8.36. The number of benzene rings is 1. The molecule has 1 rings (SSSR count). The van der Waals surface area contributed by atoms with Crippen LogP contribution in [-0.4, -0.2) is 19.6 Å². The van der Waals surface area contributed by atoms with Crippen LogP contribution in [0.5, 0.6) is 5.75 Å². The second-order valence-electron chi connectivity index (χ2n) is 2.62. The van der Waals surface area contributed by atoms with E-state index >= 15 is 0 Å². The summed E-state index contributed by atoms with van der Waals surface area (Å²) in [5, 5.41) is 3.62. The molecule has 0 saturated heterocycles. The van der Waals surface area contributed by atoms with Crippen LogP contribution < -0.4 is 10.5 Å². The van der Waals surface area contributed by atoms with E-state index in [1.165, 1.54) is 7.11 Å². The van der Waals surface area contributed by atoms with Gasteiger partial charge in [-0.1, -0.05) is 5.16 Å². The standard InChI is InChI=1S/C10H14N2O2/c1-3-14-9-6-4-8(5-7-9)10(11)12-13-2/h4-7H,3H2,1-2H3,(H2,11,12). The number of nitrogens with zero attached hydrogens (tertiary/aromatic N) is 1. The molecule has 0 aliphatic heterocycles. The molecule has 4 nitrogen and oxygen atoms in total. The van der Waals surface area contributed by atoms with E-state index in [-0.39, 0.29) is 0 Å².